The summed E-state index contributed by atoms with van der Waals surface area (Å²) in [5.41, 5.74) is 2.33. The summed E-state index contributed by atoms with van der Waals surface area (Å²) in [4.78, 5) is 0. The molecule has 0 bridgehead atoms. The van der Waals surface area contributed by atoms with E-state index < -0.39 is 0 Å². The lowest BCUT2D eigenvalue weighted by Crippen LogP contribution is -2.18. The number of nitrogens with one attached hydrogen (secondary N) is 1. The van der Waals surface area contributed by atoms with Crippen molar-refractivity contribution in [3.8, 4) is 5.75 Å². The average molecular weight is 369 g/mol. The van der Waals surface area contributed by atoms with Crippen molar-refractivity contribution in [3.05, 3.63) is 63.1 Å². The molecule has 0 aliphatic heterocycles. The highest BCUT2D eigenvalue weighted by Gasteiger charge is 2.15. The Morgan fingerprint density at radius 1 is 1.10 bits per heavy atom. The molecule has 0 radical (unpaired) electrons. The minimum Gasteiger partial charge on any atom is -0.491 e. The van der Waals surface area contributed by atoms with Gasteiger partial charge >= 0.3 is 0 Å². The molecule has 2 nitrogen and oxygen atoms in total. The van der Waals surface area contributed by atoms with Crippen molar-refractivity contribution in [2.24, 2.45) is 0 Å². The zero-order valence-electron chi connectivity index (χ0n) is 12.4. The minimum absolute atomic E-state index is 0.102. The first-order chi connectivity index (χ1) is 10.0. The van der Waals surface area contributed by atoms with Crippen LogP contribution in [0.15, 0.2) is 46.9 Å². The summed E-state index contributed by atoms with van der Waals surface area (Å²) < 4.78 is 6.68. The SMILES string of the molecule is CNC(c1ccc(OC(C)C)cc1)c1ccc(Cl)cc1Br. The second-order valence-electron chi connectivity index (χ2n) is 5.12. The first-order valence-electron chi connectivity index (χ1n) is 6.90. The predicted octanol–water partition coefficient (Wildman–Crippen LogP) is 5.20. The Bertz CT molecular complexity index is 598. The van der Waals surface area contributed by atoms with Crippen LogP contribution < -0.4 is 10.1 Å². The van der Waals surface area contributed by atoms with Crippen LogP contribution in [0.5, 0.6) is 5.75 Å². The van der Waals surface area contributed by atoms with Gasteiger partial charge in [-0.3, -0.25) is 0 Å². The molecule has 0 saturated heterocycles. The first-order valence-corrected chi connectivity index (χ1v) is 8.07. The van der Waals surface area contributed by atoms with Gasteiger partial charge in [-0.25, -0.2) is 0 Å². The van der Waals surface area contributed by atoms with Crippen LogP contribution in [0.25, 0.3) is 0 Å². The zero-order chi connectivity index (χ0) is 15.4. The van der Waals surface area contributed by atoms with Crippen LogP contribution in [0.1, 0.15) is 31.0 Å². The van der Waals surface area contributed by atoms with E-state index in [1.54, 1.807) is 0 Å². The van der Waals surface area contributed by atoms with Gasteiger partial charge in [-0.15, -0.1) is 0 Å². The molecule has 0 fully saturated rings. The predicted molar refractivity (Wildman–Crippen MR) is 92.3 cm³/mol. The smallest absolute Gasteiger partial charge is 0.119 e. The lowest BCUT2D eigenvalue weighted by atomic mass is 9.99. The topological polar surface area (TPSA) is 21.3 Å². The molecule has 2 aromatic carbocycles. The largest absolute Gasteiger partial charge is 0.491 e. The highest BCUT2D eigenvalue weighted by molar-refractivity contribution is 9.10. The van der Waals surface area contributed by atoms with Gasteiger partial charge in [-0.05, 0) is 56.3 Å². The summed E-state index contributed by atoms with van der Waals surface area (Å²) in [7, 11) is 1.95. The lowest BCUT2D eigenvalue weighted by Gasteiger charge is -2.19. The molecule has 0 aliphatic rings. The molecule has 0 amide bonds. The van der Waals surface area contributed by atoms with Gasteiger partial charge in [0.25, 0.3) is 0 Å². The maximum atomic E-state index is 6.01. The van der Waals surface area contributed by atoms with Crippen LogP contribution in [-0.2, 0) is 0 Å². The molecule has 0 aliphatic carbocycles. The first kappa shape index (κ1) is 16.3. The zero-order valence-corrected chi connectivity index (χ0v) is 14.7. The highest BCUT2D eigenvalue weighted by atomic mass is 79.9. The van der Waals surface area contributed by atoms with E-state index in [0.717, 1.165) is 20.8 Å². The Morgan fingerprint density at radius 2 is 1.76 bits per heavy atom. The fourth-order valence-electron chi connectivity index (χ4n) is 2.25. The van der Waals surface area contributed by atoms with Crippen LogP contribution in [0, 0.1) is 0 Å². The molecular formula is C17H19BrClNO. The summed E-state index contributed by atoms with van der Waals surface area (Å²) >= 11 is 9.60. The van der Waals surface area contributed by atoms with Crippen molar-refractivity contribution in [2.75, 3.05) is 7.05 Å². The van der Waals surface area contributed by atoms with Crippen LogP contribution in [0.2, 0.25) is 5.02 Å². The Morgan fingerprint density at radius 3 is 2.29 bits per heavy atom. The van der Waals surface area contributed by atoms with Crippen molar-refractivity contribution in [2.45, 2.75) is 26.0 Å². The number of ether oxygens (including phenoxy) is 1. The number of benzene rings is 2. The third kappa shape index (κ3) is 4.22. The average Bonchev–Trinajstić information content (AvgIpc) is 2.43. The van der Waals surface area contributed by atoms with Crippen LogP contribution in [0.3, 0.4) is 0 Å². The van der Waals surface area contributed by atoms with Gasteiger partial charge < -0.3 is 10.1 Å². The van der Waals surface area contributed by atoms with E-state index in [1.165, 1.54) is 5.56 Å². The van der Waals surface area contributed by atoms with E-state index in [2.05, 4.69) is 33.4 Å². The van der Waals surface area contributed by atoms with E-state index in [0.29, 0.717) is 0 Å². The van der Waals surface area contributed by atoms with Gasteiger partial charge in [0, 0.05) is 9.50 Å². The molecule has 0 spiro atoms. The molecule has 2 aromatic rings. The molecule has 4 heteroatoms. The van der Waals surface area contributed by atoms with Crippen molar-refractivity contribution >= 4 is 27.5 Å². The summed E-state index contributed by atoms with van der Waals surface area (Å²) in [6.45, 7) is 4.05. The Kier molecular flexibility index (Phi) is 5.68. The molecule has 2 rings (SSSR count). The fraction of sp³-hybridized carbons (Fsp3) is 0.294. The Labute approximate surface area is 139 Å². The monoisotopic (exact) mass is 367 g/mol. The van der Waals surface area contributed by atoms with Gasteiger partial charge in [-0.2, -0.15) is 0 Å². The normalized spacial score (nSPS) is 12.5. The second kappa shape index (κ2) is 7.30. The molecule has 1 atom stereocenters. The molecule has 0 heterocycles. The van der Waals surface area contributed by atoms with Gasteiger partial charge in [-0.1, -0.05) is 45.7 Å². The number of hydrogen-bond acceptors (Lipinski definition) is 2. The molecule has 112 valence electrons. The summed E-state index contributed by atoms with van der Waals surface area (Å²) in [6, 6.07) is 14.1. The van der Waals surface area contributed by atoms with E-state index in [9.17, 15) is 0 Å². The molecule has 1 N–H and O–H groups in total. The number of rotatable bonds is 5. The van der Waals surface area contributed by atoms with Gasteiger partial charge in [0.15, 0.2) is 0 Å². The van der Waals surface area contributed by atoms with E-state index in [1.807, 2.05) is 51.2 Å². The van der Waals surface area contributed by atoms with Crippen LogP contribution in [0.4, 0.5) is 0 Å². The third-order valence-electron chi connectivity index (χ3n) is 3.15. The quantitative estimate of drug-likeness (QED) is 0.783. The second-order valence-corrected chi connectivity index (χ2v) is 6.41. The summed E-state index contributed by atoms with van der Waals surface area (Å²) in [5.74, 6) is 0.888. The maximum Gasteiger partial charge on any atom is 0.119 e. The molecule has 21 heavy (non-hydrogen) atoms. The van der Waals surface area contributed by atoms with Gasteiger partial charge in [0.2, 0.25) is 0 Å². The van der Waals surface area contributed by atoms with E-state index in [-0.39, 0.29) is 12.1 Å². The van der Waals surface area contributed by atoms with Gasteiger partial charge in [0.1, 0.15) is 5.75 Å². The molecule has 0 aromatic heterocycles. The Hall–Kier alpha value is -1.03. The minimum atomic E-state index is 0.102. The fourth-order valence-corrected chi connectivity index (χ4v) is 3.16. The molecule has 1 unspecified atom stereocenters. The van der Waals surface area contributed by atoms with Crippen LogP contribution in [-0.4, -0.2) is 13.2 Å². The highest BCUT2D eigenvalue weighted by Crippen LogP contribution is 2.31. The number of halogens is 2. The molecular weight excluding hydrogens is 350 g/mol. The summed E-state index contributed by atoms with van der Waals surface area (Å²) in [5, 5.41) is 4.06. The van der Waals surface area contributed by atoms with E-state index in [4.69, 9.17) is 16.3 Å². The van der Waals surface area contributed by atoms with Crippen LogP contribution >= 0.6 is 27.5 Å². The van der Waals surface area contributed by atoms with Crippen molar-refractivity contribution in [1.82, 2.24) is 5.32 Å². The van der Waals surface area contributed by atoms with E-state index >= 15 is 0 Å². The third-order valence-corrected chi connectivity index (χ3v) is 4.07. The van der Waals surface area contributed by atoms with Crippen molar-refractivity contribution in [3.63, 3.8) is 0 Å². The molecule has 0 saturated carbocycles. The summed E-state index contributed by atoms with van der Waals surface area (Å²) in [6.07, 6.45) is 0.182. The maximum absolute atomic E-state index is 6.01. The standard InChI is InChI=1S/C17H19BrClNO/c1-11(2)21-14-7-4-12(5-8-14)17(20-3)15-9-6-13(19)10-16(15)18/h4-11,17,20H,1-3H3. The lowest BCUT2D eigenvalue weighted by molar-refractivity contribution is 0.242. The number of hydrogen-bond donors (Lipinski definition) is 1. The van der Waals surface area contributed by atoms with Crippen molar-refractivity contribution < 1.29 is 4.74 Å². The van der Waals surface area contributed by atoms with Crippen molar-refractivity contribution in [1.29, 1.82) is 0 Å². The Balaban J connectivity index is 2.28. The van der Waals surface area contributed by atoms with Gasteiger partial charge in [0.05, 0.1) is 12.1 Å².